The van der Waals surface area contributed by atoms with Crippen molar-refractivity contribution in [2.75, 3.05) is 17.6 Å². The Hall–Kier alpha value is -1.91. The van der Waals surface area contributed by atoms with E-state index < -0.39 is 0 Å². The first-order chi connectivity index (χ1) is 9.56. The molecule has 0 aliphatic heterocycles. The lowest BCUT2D eigenvalue weighted by atomic mass is 10.2. The zero-order valence-electron chi connectivity index (χ0n) is 12.1. The summed E-state index contributed by atoms with van der Waals surface area (Å²) >= 11 is 0. The SMILES string of the molecule is CC(C)Oc1cccc(NCCC(=O)NC2CC2)c1N. The van der Waals surface area contributed by atoms with Gasteiger partial charge in [0.2, 0.25) is 5.91 Å². The number of nitrogens with two attached hydrogens (primary N) is 1. The number of ether oxygens (including phenoxy) is 1. The number of para-hydroxylation sites is 1. The molecule has 0 radical (unpaired) electrons. The monoisotopic (exact) mass is 277 g/mol. The van der Waals surface area contributed by atoms with Gasteiger partial charge in [-0.25, -0.2) is 0 Å². The molecule has 1 amide bonds. The molecule has 110 valence electrons. The molecule has 0 bridgehead atoms. The predicted molar refractivity (Wildman–Crippen MR) is 80.9 cm³/mol. The lowest BCUT2D eigenvalue weighted by Gasteiger charge is -2.15. The van der Waals surface area contributed by atoms with Crippen LogP contribution in [0.15, 0.2) is 18.2 Å². The summed E-state index contributed by atoms with van der Waals surface area (Å²) in [5, 5.41) is 6.14. The minimum Gasteiger partial charge on any atom is -0.489 e. The summed E-state index contributed by atoms with van der Waals surface area (Å²) in [6.45, 7) is 4.48. The van der Waals surface area contributed by atoms with Crippen LogP contribution in [0, 0.1) is 0 Å². The van der Waals surface area contributed by atoms with Crippen molar-refractivity contribution in [3.63, 3.8) is 0 Å². The van der Waals surface area contributed by atoms with Crippen molar-refractivity contribution < 1.29 is 9.53 Å². The van der Waals surface area contributed by atoms with Crippen LogP contribution in [0.3, 0.4) is 0 Å². The van der Waals surface area contributed by atoms with E-state index in [-0.39, 0.29) is 12.0 Å². The molecule has 0 unspecified atom stereocenters. The van der Waals surface area contributed by atoms with Gasteiger partial charge < -0.3 is 21.1 Å². The largest absolute Gasteiger partial charge is 0.489 e. The van der Waals surface area contributed by atoms with Gasteiger partial charge in [-0.15, -0.1) is 0 Å². The van der Waals surface area contributed by atoms with Gasteiger partial charge in [-0.2, -0.15) is 0 Å². The lowest BCUT2D eigenvalue weighted by Crippen LogP contribution is -2.27. The van der Waals surface area contributed by atoms with Gasteiger partial charge in [0.05, 0.1) is 17.5 Å². The van der Waals surface area contributed by atoms with Gasteiger partial charge in [-0.05, 0) is 38.8 Å². The second kappa shape index (κ2) is 6.50. The van der Waals surface area contributed by atoms with E-state index in [0.29, 0.717) is 30.4 Å². The van der Waals surface area contributed by atoms with Crippen molar-refractivity contribution >= 4 is 17.3 Å². The Bertz CT molecular complexity index is 470. The maximum atomic E-state index is 11.6. The highest BCUT2D eigenvalue weighted by atomic mass is 16.5. The highest BCUT2D eigenvalue weighted by molar-refractivity contribution is 5.78. The van der Waals surface area contributed by atoms with Crippen molar-refractivity contribution in [3.05, 3.63) is 18.2 Å². The molecule has 1 aliphatic carbocycles. The van der Waals surface area contributed by atoms with E-state index in [1.807, 2.05) is 32.0 Å². The van der Waals surface area contributed by atoms with E-state index in [1.54, 1.807) is 0 Å². The summed E-state index contributed by atoms with van der Waals surface area (Å²) in [7, 11) is 0. The number of hydrogen-bond acceptors (Lipinski definition) is 4. The molecule has 0 heterocycles. The molecule has 2 rings (SSSR count). The molecule has 4 N–H and O–H groups in total. The van der Waals surface area contributed by atoms with Gasteiger partial charge >= 0.3 is 0 Å². The first-order valence-electron chi connectivity index (χ1n) is 7.14. The number of amides is 1. The number of hydrogen-bond donors (Lipinski definition) is 3. The Kier molecular flexibility index (Phi) is 4.71. The Morgan fingerprint density at radius 3 is 2.85 bits per heavy atom. The Morgan fingerprint density at radius 1 is 1.45 bits per heavy atom. The molecule has 5 nitrogen and oxygen atoms in total. The zero-order chi connectivity index (χ0) is 14.5. The molecule has 1 aromatic carbocycles. The lowest BCUT2D eigenvalue weighted by molar-refractivity contribution is -0.120. The van der Waals surface area contributed by atoms with Crippen LogP contribution in [0.5, 0.6) is 5.75 Å². The van der Waals surface area contributed by atoms with Gasteiger partial charge in [0.15, 0.2) is 0 Å². The van der Waals surface area contributed by atoms with E-state index in [9.17, 15) is 4.79 Å². The normalized spacial score (nSPS) is 14.2. The summed E-state index contributed by atoms with van der Waals surface area (Å²) in [6, 6.07) is 6.04. The van der Waals surface area contributed by atoms with Crippen LogP contribution in [-0.2, 0) is 4.79 Å². The van der Waals surface area contributed by atoms with Crippen molar-refractivity contribution in [2.24, 2.45) is 0 Å². The molecule has 20 heavy (non-hydrogen) atoms. The molecule has 0 aromatic heterocycles. The van der Waals surface area contributed by atoms with Gasteiger partial charge in [-0.3, -0.25) is 4.79 Å². The first kappa shape index (κ1) is 14.5. The third-order valence-corrected chi connectivity index (χ3v) is 3.04. The number of anilines is 2. The third kappa shape index (κ3) is 4.33. The van der Waals surface area contributed by atoms with Gasteiger partial charge in [-0.1, -0.05) is 6.07 Å². The maximum absolute atomic E-state index is 11.6. The Labute approximate surface area is 119 Å². The number of benzene rings is 1. The van der Waals surface area contributed by atoms with Crippen LogP contribution in [0.2, 0.25) is 0 Å². The van der Waals surface area contributed by atoms with Crippen LogP contribution < -0.4 is 21.1 Å². The van der Waals surface area contributed by atoms with E-state index in [2.05, 4.69) is 10.6 Å². The first-order valence-corrected chi connectivity index (χ1v) is 7.14. The molecular formula is C15H23N3O2. The van der Waals surface area contributed by atoms with Gasteiger partial charge in [0.25, 0.3) is 0 Å². The molecule has 0 saturated heterocycles. The average Bonchev–Trinajstić information content (AvgIpc) is 3.17. The molecular weight excluding hydrogens is 254 g/mol. The van der Waals surface area contributed by atoms with E-state index >= 15 is 0 Å². The van der Waals surface area contributed by atoms with Crippen molar-refractivity contribution in [1.29, 1.82) is 0 Å². The Morgan fingerprint density at radius 2 is 2.20 bits per heavy atom. The quantitative estimate of drug-likeness (QED) is 0.667. The fraction of sp³-hybridized carbons (Fsp3) is 0.533. The maximum Gasteiger partial charge on any atom is 0.221 e. The molecule has 1 aliphatic rings. The average molecular weight is 277 g/mol. The van der Waals surface area contributed by atoms with Crippen molar-refractivity contribution in [3.8, 4) is 5.75 Å². The molecule has 1 fully saturated rings. The van der Waals surface area contributed by atoms with Gasteiger partial charge in [0.1, 0.15) is 5.75 Å². The molecule has 1 saturated carbocycles. The fourth-order valence-corrected chi connectivity index (χ4v) is 1.89. The fourth-order valence-electron chi connectivity index (χ4n) is 1.89. The van der Waals surface area contributed by atoms with Gasteiger partial charge in [0, 0.05) is 19.0 Å². The van der Waals surface area contributed by atoms with Crippen LogP contribution in [-0.4, -0.2) is 24.6 Å². The number of nitrogen functional groups attached to an aromatic ring is 1. The third-order valence-electron chi connectivity index (χ3n) is 3.04. The summed E-state index contributed by atoms with van der Waals surface area (Å²) in [5.74, 6) is 0.764. The summed E-state index contributed by atoms with van der Waals surface area (Å²) < 4.78 is 5.63. The summed E-state index contributed by atoms with van der Waals surface area (Å²) in [5.41, 5.74) is 7.45. The molecule has 5 heteroatoms. The molecule has 1 aromatic rings. The number of nitrogens with one attached hydrogen (secondary N) is 2. The highest BCUT2D eigenvalue weighted by Crippen LogP contribution is 2.30. The Balaban J connectivity index is 1.83. The van der Waals surface area contributed by atoms with E-state index in [4.69, 9.17) is 10.5 Å². The van der Waals surface area contributed by atoms with E-state index in [0.717, 1.165) is 18.5 Å². The van der Waals surface area contributed by atoms with Crippen LogP contribution in [0.4, 0.5) is 11.4 Å². The summed E-state index contributed by atoms with van der Waals surface area (Å²) in [6.07, 6.45) is 2.75. The molecule has 0 spiro atoms. The smallest absolute Gasteiger partial charge is 0.221 e. The molecule has 0 atom stereocenters. The second-order valence-electron chi connectivity index (χ2n) is 5.40. The minimum atomic E-state index is 0.0804. The minimum absolute atomic E-state index is 0.0804. The second-order valence-corrected chi connectivity index (χ2v) is 5.40. The number of rotatable bonds is 7. The highest BCUT2D eigenvalue weighted by Gasteiger charge is 2.22. The summed E-state index contributed by atoms with van der Waals surface area (Å²) in [4.78, 5) is 11.6. The standard InChI is InChI=1S/C15H23N3O2/c1-10(2)20-13-5-3-4-12(15(13)16)17-9-8-14(19)18-11-6-7-11/h3-5,10-11,17H,6-9,16H2,1-2H3,(H,18,19). The number of carbonyl (C=O) groups excluding carboxylic acids is 1. The van der Waals surface area contributed by atoms with Crippen LogP contribution in [0.25, 0.3) is 0 Å². The zero-order valence-corrected chi connectivity index (χ0v) is 12.1. The van der Waals surface area contributed by atoms with Crippen LogP contribution >= 0.6 is 0 Å². The number of carbonyl (C=O) groups is 1. The van der Waals surface area contributed by atoms with Crippen molar-refractivity contribution in [1.82, 2.24) is 5.32 Å². The predicted octanol–water partition coefficient (Wildman–Crippen LogP) is 2.14. The topological polar surface area (TPSA) is 76.4 Å². The van der Waals surface area contributed by atoms with Crippen molar-refractivity contribution in [2.45, 2.75) is 45.3 Å². The van der Waals surface area contributed by atoms with E-state index in [1.165, 1.54) is 0 Å². The van der Waals surface area contributed by atoms with Crippen LogP contribution in [0.1, 0.15) is 33.1 Å².